The lowest BCUT2D eigenvalue weighted by Gasteiger charge is -2.16. The van der Waals surface area contributed by atoms with Gasteiger partial charge in [0.25, 0.3) is 0 Å². The van der Waals surface area contributed by atoms with Crippen LogP contribution >= 0.6 is 0 Å². The summed E-state index contributed by atoms with van der Waals surface area (Å²) in [6.07, 6.45) is 7.50. The van der Waals surface area contributed by atoms with Gasteiger partial charge in [-0.25, -0.2) is 0 Å². The van der Waals surface area contributed by atoms with Crippen molar-refractivity contribution in [3.05, 3.63) is 11.6 Å². The van der Waals surface area contributed by atoms with Gasteiger partial charge in [-0.15, -0.1) is 10.2 Å². The van der Waals surface area contributed by atoms with Crippen molar-refractivity contribution in [2.24, 2.45) is 0 Å². The zero-order valence-corrected chi connectivity index (χ0v) is 11.9. The van der Waals surface area contributed by atoms with Crippen molar-refractivity contribution in [2.75, 3.05) is 6.54 Å². The quantitative estimate of drug-likeness (QED) is 0.789. The van der Waals surface area contributed by atoms with Gasteiger partial charge in [0.1, 0.15) is 11.6 Å². The highest BCUT2D eigenvalue weighted by Crippen LogP contribution is 2.31. The number of nitrogens with one attached hydrogen (secondary N) is 1. The average Bonchev–Trinajstić information content (AvgIpc) is 2.93. The Morgan fingerprint density at radius 2 is 2.00 bits per heavy atom. The molecule has 1 saturated carbocycles. The molecule has 1 N–H and O–H groups in total. The SMILES string of the molecule is Cc1nnc(CCCNC(C)C)n1C1CCCC1. The lowest BCUT2D eigenvalue weighted by molar-refractivity contribution is 0.478. The van der Waals surface area contributed by atoms with Gasteiger partial charge in [0.15, 0.2) is 0 Å². The third-order valence-corrected chi connectivity index (χ3v) is 3.76. The summed E-state index contributed by atoms with van der Waals surface area (Å²) in [6, 6.07) is 1.23. The minimum absolute atomic E-state index is 0.569. The molecule has 0 atom stereocenters. The first-order valence-corrected chi connectivity index (χ1v) is 7.32. The molecule has 1 aliphatic carbocycles. The van der Waals surface area contributed by atoms with Crippen LogP contribution in [0.2, 0.25) is 0 Å². The van der Waals surface area contributed by atoms with Crippen molar-refractivity contribution < 1.29 is 0 Å². The summed E-state index contributed by atoms with van der Waals surface area (Å²) in [6.45, 7) is 7.52. The molecule has 1 aromatic heterocycles. The van der Waals surface area contributed by atoms with Crippen LogP contribution in [0.25, 0.3) is 0 Å². The molecular weight excluding hydrogens is 224 g/mol. The lowest BCUT2D eigenvalue weighted by atomic mass is 10.2. The van der Waals surface area contributed by atoms with E-state index in [1.165, 1.54) is 31.5 Å². The van der Waals surface area contributed by atoms with Gasteiger partial charge in [0, 0.05) is 18.5 Å². The number of hydrogen-bond donors (Lipinski definition) is 1. The number of aryl methyl sites for hydroxylation is 2. The molecule has 18 heavy (non-hydrogen) atoms. The zero-order chi connectivity index (χ0) is 13.0. The Morgan fingerprint density at radius 1 is 1.28 bits per heavy atom. The summed E-state index contributed by atoms with van der Waals surface area (Å²) in [7, 11) is 0. The van der Waals surface area contributed by atoms with E-state index in [4.69, 9.17) is 0 Å². The summed E-state index contributed by atoms with van der Waals surface area (Å²) in [5, 5.41) is 12.1. The molecule has 0 saturated heterocycles. The zero-order valence-electron chi connectivity index (χ0n) is 11.9. The fraction of sp³-hybridized carbons (Fsp3) is 0.857. The highest BCUT2D eigenvalue weighted by atomic mass is 15.3. The van der Waals surface area contributed by atoms with E-state index < -0.39 is 0 Å². The molecule has 2 rings (SSSR count). The second-order valence-electron chi connectivity index (χ2n) is 5.68. The van der Waals surface area contributed by atoms with E-state index in [9.17, 15) is 0 Å². The molecule has 0 spiro atoms. The monoisotopic (exact) mass is 250 g/mol. The van der Waals surface area contributed by atoms with Gasteiger partial charge in [0.05, 0.1) is 0 Å². The average molecular weight is 250 g/mol. The first kappa shape index (κ1) is 13.5. The molecule has 1 aliphatic rings. The van der Waals surface area contributed by atoms with E-state index in [0.29, 0.717) is 12.1 Å². The fourth-order valence-corrected chi connectivity index (χ4v) is 2.86. The molecule has 102 valence electrons. The Balaban J connectivity index is 1.91. The van der Waals surface area contributed by atoms with Crippen LogP contribution in [-0.4, -0.2) is 27.4 Å². The molecule has 0 aliphatic heterocycles. The third-order valence-electron chi connectivity index (χ3n) is 3.76. The maximum Gasteiger partial charge on any atom is 0.133 e. The molecule has 1 fully saturated rings. The van der Waals surface area contributed by atoms with Crippen LogP contribution in [0.5, 0.6) is 0 Å². The Hall–Kier alpha value is -0.900. The molecule has 0 unspecified atom stereocenters. The highest BCUT2D eigenvalue weighted by molar-refractivity contribution is 4.98. The van der Waals surface area contributed by atoms with E-state index in [2.05, 4.69) is 40.9 Å². The molecule has 0 amide bonds. The smallest absolute Gasteiger partial charge is 0.133 e. The van der Waals surface area contributed by atoms with E-state index in [1.807, 2.05) is 0 Å². The minimum atomic E-state index is 0.569. The highest BCUT2D eigenvalue weighted by Gasteiger charge is 2.21. The van der Waals surface area contributed by atoms with Gasteiger partial charge < -0.3 is 9.88 Å². The number of nitrogens with zero attached hydrogens (tertiary/aromatic N) is 3. The van der Waals surface area contributed by atoms with Crippen molar-refractivity contribution in [1.29, 1.82) is 0 Å². The molecule has 4 nitrogen and oxygen atoms in total. The van der Waals surface area contributed by atoms with Crippen LogP contribution in [0.15, 0.2) is 0 Å². The van der Waals surface area contributed by atoms with Gasteiger partial charge in [-0.2, -0.15) is 0 Å². The molecule has 0 bridgehead atoms. The number of rotatable bonds is 6. The van der Waals surface area contributed by atoms with Gasteiger partial charge >= 0.3 is 0 Å². The van der Waals surface area contributed by atoms with Crippen molar-refractivity contribution in [3.63, 3.8) is 0 Å². The van der Waals surface area contributed by atoms with Crippen molar-refractivity contribution in [3.8, 4) is 0 Å². The molecule has 1 aromatic rings. The molecule has 1 heterocycles. The van der Waals surface area contributed by atoms with Gasteiger partial charge in [0.2, 0.25) is 0 Å². The molecular formula is C14H26N4. The fourth-order valence-electron chi connectivity index (χ4n) is 2.86. The van der Waals surface area contributed by atoms with Crippen molar-refractivity contribution >= 4 is 0 Å². The van der Waals surface area contributed by atoms with Crippen LogP contribution in [0.3, 0.4) is 0 Å². The Bertz CT molecular complexity index is 364. The number of hydrogen-bond acceptors (Lipinski definition) is 3. The predicted octanol–water partition coefficient (Wildman–Crippen LogP) is 2.63. The maximum absolute atomic E-state index is 4.36. The van der Waals surface area contributed by atoms with Crippen molar-refractivity contribution in [1.82, 2.24) is 20.1 Å². The van der Waals surface area contributed by atoms with E-state index >= 15 is 0 Å². The minimum Gasteiger partial charge on any atom is -0.315 e. The second-order valence-corrected chi connectivity index (χ2v) is 5.68. The normalized spacial score (nSPS) is 16.9. The maximum atomic E-state index is 4.36. The molecule has 4 heteroatoms. The third kappa shape index (κ3) is 3.31. The first-order valence-electron chi connectivity index (χ1n) is 7.32. The van der Waals surface area contributed by atoms with E-state index in [0.717, 1.165) is 25.2 Å². The number of aromatic nitrogens is 3. The van der Waals surface area contributed by atoms with E-state index in [-0.39, 0.29) is 0 Å². The van der Waals surface area contributed by atoms with Crippen molar-refractivity contribution in [2.45, 2.75) is 71.4 Å². The van der Waals surface area contributed by atoms with Gasteiger partial charge in [-0.3, -0.25) is 0 Å². The van der Waals surface area contributed by atoms with Gasteiger partial charge in [-0.1, -0.05) is 26.7 Å². The second kappa shape index (κ2) is 6.32. The summed E-state index contributed by atoms with van der Waals surface area (Å²) in [5.74, 6) is 2.28. The van der Waals surface area contributed by atoms with Crippen LogP contribution in [0.1, 0.15) is 63.6 Å². The lowest BCUT2D eigenvalue weighted by Crippen LogP contribution is -2.24. The van der Waals surface area contributed by atoms with E-state index in [1.54, 1.807) is 0 Å². The Morgan fingerprint density at radius 3 is 2.67 bits per heavy atom. The standard InChI is InChI=1S/C14H26N4/c1-11(2)15-10-6-9-14-17-16-12(3)18(14)13-7-4-5-8-13/h11,13,15H,4-10H2,1-3H3. The Kier molecular flexibility index (Phi) is 4.75. The summed E-state index contributed by atoms with van der Waals surface area (Å²) >= 11 is 0. The first-order chi connectivity index (χ1) is 8.68. The summed E-state index contributed by atoms with van der Waals surface area (Å²) in [4.78, 5) is 0. The van der Waals surface area contributed by atoms with Crippen LogP contribution in [0, 0.1) is 6.92 Å². The van der Waals surface area contributed by atoms with Gasteiger partial charge in [-0.05, 0) is 32.7 Å². The summed E-state index contributed by atoms with van der Waals surface area (Å²) < 4.78 is 2.39. The van der Waals surface area contributed by atoms with Crippen LogP contribution in [0.4, 0.5) is 0 Å². The Labute approximate surface area is 110 Å². The molecule has 0 aromatic carbocycles. The molecule has 0 radical (unpaired) electrons. The van der Waals surface area contributed by atoms with Crippen LogP contribution < -0.4 is 5.32 Å². The summed E-state index contributed by atoms with van der Waals surface area (Å²) in [5.41, 5.74) is 0. The largest absolute Gasteiger partial charge is 0.315 e. The predicted molar refractivity (Wildman–Crippen MR) is 73.7 cm³/mol. The topological polar surface area (TPSA) is 42.7 Å². The van der Waals surface area contributed by atoms with Crippen LogP contribution in [-0.2, 0) is 6.42 Å².